The number of ether oxygens (including phenoxy) is 1. The van der Waals surface area contributed by atoms with E-state index >= 15 is 0 Å². The number of amides is 1. The van der Waals surface area contributed by atoms with Gasteiger partial charge in [-0.1, -0.05) is 29.5 Å². The number of nitrogens with one attached hydrogen (secondary N) is 1. The number of hydrogen-bond donors (Lipinski definition) is 1. The van der Waals surface area contributed by atoms with Crippen molar-refractivity contribution in [1.82, 2.24) is 9.97 Å². The summed E-state index contributed by atoms with van der Waals surface area (Å²) in [6, 6.07) is 12.5. The monoisotopic (exact) mass is 345 g/mol. The van der Waals surface area contributed by atoms with Crippen LogP contribution >= 0.6 is 23.6 Å². The van der Waals surface area contributed by atoms with Crippen LogP contribution in [0.15, 0.2) is 42.5 Å². The van der Waals surface area contributed by atoms with E-state index in [0.717, 1.165) is 10.3 Å². The number of aromatic amines is 1. The zero-order valence-electron chi connectivity index (χ0n) is 12.6. The van der Waals surface area contributed by atoms with Gasteiger partial charge in [-0.25, -0.2) is 9.78 Å². The van der Waals surface area contributed by atoms with Gasteiger partial charge in [0.2, 0.25) is 0 Å². The number of carbonyl (C=O) groups is 1. The van der Waals surface area contributed by atoms with Crippen LogP contribution < -0.4 is 9.64 Å². The molecule has 2 aromatic heterocycles. The lowest BCUT2D eigenvalue weighted by atomic mass is 10.3. The van der Waals surface area contributed by atoms with Crippen molar-refractivity contribution < 1.29 is 9.53 Å². The van der Waals surface area contributed by atoms with E-state index < -0.39 is 6.09 Å². The van der Waals surface area contributed by atoms with Gasteiger partial charge >= 0.3 is 6.09 Å². The molecule has 118 valence electrons. The first kappa shape index (κ1) is 15.6. The number of fused-ring (bicyclic) bond motifs is 1. The Morgan fingerprint density at radius 2 is 2.00 bits per heavy atom. The van der Waals surface area contributed by atoms with Crippen molar-refractivity contribution in [3.05, 3.63) is 46.4 Å². The standard InChI is InChI=1S/C16H15N3O2S2/c1-10(2)19(16(20)21-11-6-4-3-5-7-11)13-9-8-12-14(18-13)23-15(22)17-12/h3-10H,1-2H3,(H,17,22). The highest BCUT2D eigenvalue weighted by Gasteiger charge is 2.23. The molecule has 0 unspecified atom stereocenters. The second-order valence-electron chi connectivity index (χ2n) is 5.18. The van der Waals surface area contributed by atoms with Crippen LogP contribution in [0, 0.1) is 3.95 Å². The van der Waals surface area contributed by atoms with Gasteiger partial charge in [-0.2, -0.15) is 0 Å². The first-order chi connectivity index (χ1) is 11.0. The van der Waals surface area contributed by atoms with Gasteiger partial charge in [0.25, 0.3) is 0 Å². The summed E-state index contributed by atoms with van der Waals surface area (Å²) < 4.78 is 6.09. The van der Waals surface area contributed by atoms with Crippen molar-refractivity contribution >= 4 is 45.8 Å². The number of carbonyl (C=O) groups excluding carboxylic acids is 1. The second kappa shape index (κ2) is 6.47. The molecule has 0 atom stereocenters. The third-order valence-electron chi connectivity index (χ3n) is 3.18. The van der Waals surface area contributed by atoms with Crippen molar-refractivity contribution in [1.29, 1.82) is 0 Å². The van der Waals surface area contributed by atoms with Crippen molar-refractivity contribution in [3.8, 4) is 5.75 Å². The number of pyridine rings is 1. The normalized spacial score (nSPS) is 10.9. The van der Waals surface area contributed by atoms with Gasteiger partial charge < -0.3 is 9.72 Å². The number of thiazole rings is 1. The average Bonchev–Trinajstić information content (AvgIpc) is 2.87. The fourth-order valence-electron chi connectivity index (χ4n) is 2.17. The van der Waals surface area contributed by atoms with Gasteiger partial charge in [-0.05, 0) is 50.3 Å². The third kappa shape index (κ3) is 3.40. The highest BCUT2D eigenvalue weighted by molar-refractivity contribution is 7.73. The van der Waals surface area contributed by atoms with Crippen LogP contribution in [0.1, 0.15) is 13.8 Å². The molecule has 0 aliphatic carbocycles. The zero-order chi connectivity index (χ0) is 16.4. The Balaban J connectivity index is 1.93. The number of hydrogen-bond acceptors (Lipinski definition) is 5. The van der Waals surface area contributed by atoms with E-state index in [4.69, 9.17) is 17.0 Å². The molecule has 0 fully saturated rings. The summed E-state index contributed by atoms with van der Waals surface area (Å²) in [5.41, 5.74) is 0.865. The van der Waals surface area contributed by atoms with Crippen molar-refractivity contribution in [2.45, 2.75) is 19.9 Å². The predicted octanol–water partition coefficient (Wildman–Crippen LogP) is 4.77. The first-order valence-electron chi connectivity index (χ1n) is 7.10. The molecule has 5 nitrogen and oxygen atoms in total. The molecular weight excluding hydrogens is 330 g/mol. The van der Waals surface area contributed by atoms with E-state index in [0.29, 0.717) is 15.5 Å². The smallest absolute Gasteiger partial charge is 0.410 e. The lowest BCUT2D eigenvalue weighted by Gasteiger charge is -2.24. The molecule has 0 aliphatic rings. The predicted molar refractivity (Wildman–Crippen MR) is 94.9 cm³/mol. The SMILES string of the molecule is CC(C)N(C(=O)Oc1ccccc1)c1ccc2[nH]c(=S)sc2n1. The second-order valence-corrected chi connectivity index (χ2v) is 6.85. The average molecular weight is 345 g/mol. The van der Waals surface area contributed by atoms with Crippen molar-refractivity contribution in [2.24, 2.45) is 0 Å². The number of benzene rings is 1. The van der Waals surface area contributed by atoms with Gasteiger partial charge in [-0.15, -0.1) is 0 Å². The Labute approximate surface area is 142 Å². The molecule has 3 rings (SSSR count). The number of para-hydroxylation sites is 1. The minimum atomic E-state index is -0.461. The minimum Gasteiger partial charge on any atom is -0.410 e. The lowest BCUT2D eigenvalue weighted by molar-refractivity contribution is 0.205. The van der Waals surface area contributed by atoms with Crippen LogP contribution in [-0.2, 0) is 0 Å². The number of rotatable bonds is 3. The third-order valence-corrected chi connectivity index (χ3v) is 4.32. The fourth-order valence-corrected chi connectivity index (χ4v) is 3.22. The molecular formula is C16H15N3O2S2. The summed E-state index contributed by atoms with van der Waals surface area (Å²) >= 11 is 6.51. The molecule has 1 aromatic carbocycles. The van der Waals surface area contributed by atoms with E-state index in [2.05, 4.69) is 9.97 Å². The Kier molecular flexibility index (Phi) is 4.40. The molecule has 1 N–H and O–H groups in total. The topological polar surface area (TPSA) is 58.2 Å². The van der Waals surface area contributed by atoms with Gasteiger partial charge in [0.05, 0.1) is 5.52 Å². The molecule has 0 bridgehead atoms. The molecule has 0 saturated heterocycles. The Bertz CT molecular complexity index is 887. The van der Waals surface area contributed by atoms with Gasteiger partial charge in [0, 0.05) is 6.04 Å². The van der Waals surface area contributed by atoms with Crippen molar-refractivity contribution in [3.63, 3.8) is 0 Å². The molecule has 1 amide bonds. The largest absolute Gasteiger partial charge is 0.421 e. The molecule has 0 spiro atoms. The van der Waals surface area contributed by atoms with Crippen LogP contribution in [0.4, 0.5) is 10.6 Å². The highest BCUT2D eigenvalue weighted by atomic mass is 32.1. The molecule has 0 aliphatic heterocycles. The van der Waals surface area contributed by atoms with Crippen LogP contribution in [0.5, 0.6) is 5.75 Å². The molecule has 7 heteroatoms. The molecule has 0 saturated carbocycles. The quantitative estimate of drug-likeness (QED) is 0.695. The molecule has 23 heavy (non-hydrogen) atoms. The summed E-state index contributed by atoms with van der Waals surface area (Å²) in [6.45, 7) is 3.83. The minimum absolute atomic E-state index is 0.0944. The molecule has 3 aromatic rings. The summed E-state index contributed by atoms with van der Waals surface area (Å²) in [4.78, 5) is 22.4. The van der Waals surface area contributed by atoms with Gasteiger partial charge in [0.1, 0.15) is 16.4 Å². The van der Waals surface area contributed by atoms with E-state index in [1.165, 1.54) is 16.2 Å². The van der Waals surface area contributed by atoms with Crippen LogP contribution in [0.3, 0.4) is 0 Å². The Morgan fingerprint density at radius 1 is 1.26 bits per heavy atom. The zero-order valence-corrected chi connectivity index (χ0v) is 14.3. The van der Waals surface area contributed by atoms with Gasteiger partial charge in [-0.3, -0.25) is 4.90 Å². The fraction of sp³-hybridized carbons (Fsp3) is 0.188. The maximum atomic E-state index is 12.5. The van der Waals surface area contributed by atoms with E-state index in [9.17, 15) is 4.79 Å². The summed E-state index contributed by atoms with van der Waals surface area (Å²) in [7, 11) is 0. The van der Waals surface area contributed by atoms with Crippen LogP contribution in [0.25, 0.3) is 10.3 Å². The summed E-state index contributed by atoms with van der Waals surface area (Å²) in [5.74, 6) is 1.04. The number of aromatic nitrogens is 2. The maximum Gasteiger partial charge on any atom is 0.421 e. The Hall–Kier alpha value is -2.25. The molecule has 2 heterocycles. The maximum absolute atomic E-state index is 12.5. The van der Waals surface area contributed by atoms with Gasteiger partial charge in [0.15, 0.2) is 3.95 Å². The summed E-state index contributed by atoms with van der Waals surface area (Å²) in [6.07, 6.45) is -0.461. The number of anilines is 1. The Morgan fingerprint density at radius 3 is 2.70 bits per heavy atom. The molecule has 0 radical (unpaired) electrons. The van der Waals surface area contributed by atoms with Crippen LogP contribution in [-0.4, -0.2) is 22.1 Å². The van der Waals surface area contributed by atoms with Crippen molar-refractivity contribution in [2.75, 3.05) is 4.90 Å². The van der Waals surface area contributed by atoms with E-state index in [1.54, 1.807) is 18.2 Å². The van der Waals surface area contributed by atoms with E-state index in [-0.39, 0.29) is 6.04 Å². The van der Waals surface area contributed by atoms with E-state index in [1.807, 2.05) is 38.1 Å². The highest BCUT2D eigenvalue weighted by Crippen LogP contribution is 2.24. The number of H-pyrrole nitrogens is 1. The summed E-state index contributed by atoms with van der Waals surface area (Å²) in [5, 5.41) is 0. The first-order valence-corrected chi connectivity index (χ1v) is 8.33. The lowest BCUT2D eigenvalue weighted by Crippen LogP contribution is -2.39. The van der Waals surface area contributed by atoms with Crippen LogP contribution in [0.2, 0.25) is 0 Å². The number of nitrogens with zero attached hydrogens (tertiary/aromatic N) is 2.